The van der Waals surface area contributed by atoms with E-state index in [1.165, 1.54) is 34.8 Å². The molecular weight excluding hydrogens is 321 g/mol. The molecule has 1 atom stereocenters. The smallest absolute Gasteiger partial charge is 0.325 e. The maximum Gasteiger partial charge on any atom is 0.325 e. The van der Waals surface area contributed by atoms with Crippen LogP contribution in [0.4, 0.5) is 10.2 Å². The molecule has 1 unspecified atom stereocenters. The first kappa shape index (κ1) is 17.0. The lowest BCUT2D eigenvalue weighted by molar-refractivity contribution is -0.137. The predicted molar refractivity (Wildman–Crippen MR) is 84.8 cm³/mol. The van der Waals surface area contributed by atoms with Gasteiger partial charge in [0.2, 0.25) is 5.91 Å². The van der Waals surface area contributed by atoms with E-state index in [1.54, 1.807) is 25.1 Å². The molecule has 1 amide bonds. The molecule has 1 aromatic carbocycles. The van der Waals surface area contributed by atoms with Gasteiger partial charge >= 0.3 is 5.97 Å². The number of hydrogen-bond donors (Lipinski definition) is 2. The SMILES string of the molecule is CC(CSc1ccc(F)cc1)C(=O)Nc1ccn(CC(=O)O)n1. The summed E-state index contributed by atoms with van der Waals surface area (Å²) in [5, 5.41) is 15.3. The zero-order chi connectivity index (χ0) is 16.8. The number of hydrogen-bond acceptors (Lipinski definition) is 4. The molecule has 1 aromatic heterocycles. The second kappa shape index (κ2) is 7.77. The van der Waals surface area contributed by atoms with Crippen molar-refractivity contribution < 1.29 is 19.1 Å². The second-order valence-electron chi connectivity index (χ2n) is 4.95. The molecule has 2 aromatic rings. The molecule has 0 fully saturated rings. The van der Waals surface area contributed by atoms with Gasteiger partial charge in [0.15, 0.2) is 5.82 Å². The van der Waals surface area contributed by atoms with Gasteiger partial charge in [-0.25, -0.2) is 4.39 Å². The highest BCUT2D eigenvalue weighted by molar-refractivity contribution is 7.99. The number of carboxylic acids is 1. The number of aliphatic carboxylic acids is 1. The number of benzene rings is 1. The number of halogens is 1. The fourth-order valence-electron chi connectivity index (χ4n) is 1.73. The number of carbonyl (C=O) groups is 2. The first-order valence-electron chi connectivity index (χ1n) is 6.88. The van der Waals surface area contributed by atoms with Gasteiger partial charge in [-0.2, -0.15) is 5.10 Å². The van der Waals surface area contributed by atoms with E-state index < -0.39 is 5.97 Å². The van der Waals surface area contributed by atoms with Crippen molar-refractivity contribution in [2.45, 2.75) is 18.4 Å². The van der Waals surface area contributed by atoms with Crippen molar-refractivity contribution in [3.05, 3.63) is 42.3 Å². The Morgan fingerprint density at radius 3 is 2.70 bits per heavy atom. The van der Waals surface area contributed by atoms with E-state index in [1.807, 2.05) is 0 Å². The Balaban J connectivity index is 1.83. The lowest BCUT2D eigenvalue weighted by Crippen LogP contribution is -2.22. The molecule has 0 aliphatic rings. The molecule has 0 aliphatic heterocycles. The fraction of sp³-hybridized carbons (Fsp3) is 0.267. The Kier molecular flexibility index (Phi) is 5.75. The Morgan fingerprint density at radius 1 is 1.35 bits per heavy atom. The van der Waals surface area contributed by atoms with Crippen molar-refractivity contribution in [2.75, 3.05) is 11.1 Å². The van der Waals surface area contributed by atoms with E-state index in [0.717, 1.165) is 4.90 Å². The van der Waals surface area contributed by atoms with Crippen LogP contribution in [0.15, 0.2) is 41.4 Å². The summed E-state index contributed by atoms with van der Waals surface area (Å²) in [6.07, 6.45) is 1.49. The van der Waals surface area contributed by atoms with E-state index >= 15 is 0 Å². The minimum atomic E-state index is -1.00. The minimum absolute atomic E-state index is 0.208. The van der Waals surface area contributed by atoms with Gasteiger partial charge in [-0.15, -0.1) is 11.8 Å². The molecule has 6 nitrogen and oxygen atoms in total. The van der Waals surface area contributed by atoms with Gasteiger partial charge in [0.25, 0.3) is 0 Å². The van der Waals surface area contributed by atoms with Crippen LogP contribution in [-0.4, -0.2) is 32.5 Å². The molecule has 23 heavy (non-hydrogen) atoms. The van der Waals surface area contributed by atoms with Gasteiger partial charge in [-0.3, -0.25) is 14.3 Å². The van der Waals surface area contributed by atoms with Crippen molar-refractivity contribution >= 4 is 29.5 Å². The summed E-state index contributed by atoms with van der Waals surface area (Å²) in [5.41, 5.74) is 0. The van der Waals surface area contributed by atoms with Gasteiger partial charge in [-0.05, 0) is 24.3 Å². The normalized spacial score (nSPS) is 11.9. The van der Waals surface area contributed by atoms with Crippen LogP contribution in [0.3, 0.4) is 0 Å². The lowest BCUT2D eigenvalue weighted by Gasteiger charge is -2.10. The summed E-state index contributed by atoms with van der Waals surface area (Å²) in [5.74, 6) is -0.940. The highest BCUT2D eigenvalue weighted by Crippen LogP contribution is 2.21. The van der Waals surface area contributed by atoms with Gasteiger partial charge in [-0.1, -0.05) is 6.92 Å². The summed E-state index contributed by atoms with van der Waals surface area (Å²) in [4.78, 5) is 23.5. The molecule has 2 rings (SSSR count). The predicted octanol–water partition coefficient (Wildman–Crippen LogP) is 2.47. The monoisotopic (exact) mass is 337 g/mol. The maximum atomic E-state index is 12.8. The van der Waals surface area contributed by atoms with Crippen molar-refractivity contribution in [1.82, 2.24) is 9.78 Å². The number of nitrogens with one attached hydrogen (secondary N) is 1. The third-order valence-electron chi connectivity index (χ3n) is 2.95. The van der Waals surface area contributed by atoms with Crippen LogP contribution in [0.25, 0.3) is 0 Å². The number of aromatic nitrogens is 2. The third-order valence-corrected chi connectivity index (χ3v) is 4.22. The second-order valence-corrected chi connectivity index (χ2v) is 6.04. The average molecular weight is 337 g/mol. The van der Waals surface area contributed by atoms with Gasteiger partial charge in [0.05, 0.1) is 0 Å². The molecule has 0 saturated carbocycles. The van der Waals surface area contributed by atoms with Crippen molar-refractivity contribution in [3.63, 3.8) is 0 Å². The maximum absolute atomic E-state index is 12.8. The van der Waals surface area contributed by atoms with Crippen LogP contribution in [0.5, 0.6) is 0 Å². The van der Waals surface area contributed by atoms with Crippen molar-refractivity contribution in [1.29, 1.82) is 0 Å². The number of nitrogens with zero attached hydrogens (tertiary/aromatic N) is 2. The number of amides is 1. The van der Waals surface area contributed by atoms with E-state index in [4.69, 9.17) is 5.11 Å². The first-order chi connectivity index (χ1) is 10.9. The summed E-state index contributed by atoms with van der Waals surface area (Å²) in [6, 6.07) is 7.63. The van der Waals surface area contributed by atoms with Crippen LogP contribution in [0.2, 0.25) is 0 Å². The summed E-state index contributed by atoms with van der Waals surface area (Å²) in [6.45, 7) is 1.52. The van der Waals surface area contributed by atoms with E-state index in [0.29, 0.717) is 11.6 Å². The topological polar surface area (TPSA) is 84.2 Å². The molecule has 122 valence electrons. The first-order valence-corrected chi connectivity index (χ1v) is 7.87. The molecule has 0 bridgehead atoms. The number of thioether (sulfide) groups is 1. The third kappa shape index (κ3) is 5.41. The minimum Gasteiger partial charge on any atom is -0.480 e. The molecule has 0 radical (unpaired) electrons. The Labute approximate surface area is 136 Å². The van der Waals surface area contributed by atoms with E-state index in [2.05, 4.69) is 10.4 Å². The van der Waals surface area contributed by atoms with E-state index in [9.17, 15) is 14.0 Å². The quantitative estimate of drug-likeness (QED) is 0.758. The standard InChI is InChI=1S/C15H16FN3O3S/c1-10(9-23-12-4-2-11(16)3-5-12)15(22)17-13-6-7-19(18-13)8-14(20)21/h2-7,10H,8-9H2,1H3,(H,20,21)(H,17,18,22). The highest BCUT2D eigenvalue weighted by Gasteiger charge is 2.15. The fourth-order valence-corrected chi connectivity index (χ4v) is 2.65. The zero-order valence-corrected chi connectivity index (χ0v) is 13.2. The van der Waals surface area contributed by atoms with Gasteiger partial charge < -0.3 is 10.4 Å². The Morgan fingerprint density at radius 2 is 2.04 bits per heavy atom. The molecule has 8 heteroatoms. The lowest BCUT2D eigenvalue weighted by atomic mass is 10.2. The molecule has 0 saturated heterocycles. The average Bonchev–Trinajstić information content (AvgIpc) is 2.92. The van der Waals surface area contributed by atoms with Crippen LogP contribution in [0, 0.1) is 11.7 Å². The van der Waals surface area contributed by atoms with Crippen LogP contribution >= 0.6 is 11.8 Å². The molecule has 0 spiro atoms. The van der Waals surface area contributed by atoms with E-state index in [-0.39, 0.29) is 24.2 Å². The van der Waals surface area contributed by atoms with Crippen LogP contribution < -0.4 is 5.32 Å². The molecular formula is C15H16FN3O3S. The van der Waals surface area contributed by atoms with Crippen molar-refractivity contribution in [2.24, 2.45) is 5.92 Å². The summed E-state index contributed by atoms with van der Waals surface area (Å²) in [7, 11) is 0. The highest BCUT2D eigenvalue weighted by atomic mass is 32.2. The molecule has 2 N–H and O–H groups in total. The summed E-state index contributed by atoms with van der Waals surface area (Å²) >= 11 is 1.46. The molecule has 0 aliphatic carbocycles. The number of rotatable bonds is 7. The van der Waals surface area contributed by atoms with Gasteiger partial charge in [0.1, 0.15) is 12.4 Å². The number of anilines is 1. The Hall–Kier alpha value is -2.35. The number of carboxylic acid groups (broad SMARTS) is 1. The van der Waals surface area contributed by atoms with Crippen LogP contribution in [0.1, 0.15) is 6.92 Å². The number of carbonyl (C=O) groups excluding carboxylic acids is 1. The Bertz CT molecular complexity index is 688. The zero-order valence-electron chi connectivity index (χ0n) is 12.4. The van der Waals surface area contributed by atoms with Crippen LogP contribution in [-0.2, 0) is 16.1 Å². The largest absolute Gasteiger partial charge is 0.480 e. The summed E-state index contributed by atoms with van der Waals surface area (Å²) < 4.78 is 14.1. The van der Waals surface area contributed by atoms with Gasteiger partial charge in [0, 0.05) is 28.8 Å². The molecule has 1 heterocycles. The van der Waals surface area contributed by atoms with Crippen molar-refractivity contribution in [3.8, 4) is 0 Å².